The van der Waals surface area contributed by atoms with Gasteiger partial charge in [-0.05, 0) is 38.5 Å². The Hall–Kier alpha value is -1.85. The molecule has 1 aliphatic rings. The second kappa shape index (κ2) is 5.03. The Labute approximate surface area is 111 Å². The molecule has 1 heterocycles. The lowest BCUT2D eigenvalue weighted by Gasteiger charge is -2.36. The minimum absolute atomic E-state index is 0.0826. The monoisotopic (exact) mass is 266 g/mol. The smallest absolute Gasteiger partial charge is 0.329 e. The fourth-order valence-corrected chi connectivity index (χ4v) is 2.43. The fraction of sp³-hybridized carbons (Fsp3) is 0.615. The summed E-state index contributed by atoms with van der Waals surface area (Å²) in [7, 11) is 0. The molecule has 2 rings (SSSR count). The molecule has 0 aliphatic heterocycles. The van der Waals surface area contributed by atoms with Crippen molar-refractivity contribution in [2.24, 2.45) is 5.92 Å². The van der Waals surface area contributed by atoms with Crippen LogP contribution in [0.25, 0.3) is 0 Å². The molecule has 6 heteroatoms. The van der Waals surface area contributed by atoms with Gasteiger partial charge in [0.2, 0.25) is 5.76 Å². The van der Waals surface area contributed by atoms with E-state index in [9.17, 15) is 14.7 Å². The van der Waals surface area contributed by atoms with Gasteiger partial charge in [-0.15, -0.1) is 0 Å². The van der Waals surface area contributed by atoms with Gasteiger partial charge >= 0.3 is 5.97 Å². The quantitative estimate of drug-likeness (QED) is 0.869. The number of aryl methyl sites for hydroxylation is 1. The number of rotatable bonds is 3. The van der Waals surface area contributed by atoms with Crippen LogP contribution in [0.2, 0.25) is 0 Å². The Morgan fingerprint density at radius 1 is 1.47 bits per heavy atom. The van der Waals surface area contributed by atoms with Crippen LogP contribution in [0.5, 0.6) is 0 Å². The first-order chi connectivity index (χ1) is 8.94. The van der Waals surface area contributed by atoms with E-state index in [4.69, 9.17) is 4.52 Å². The zero-order valence-corrected chi connectivity index (χ0v) is 11.1. The number of amides is 1. The van der Waals surface area contributed by atoms with Gasteiger partial charge in [-0.3, -0.25) is 4.79 Å². The molecule has 1 saturated carbocycles. The predicted octanol–water partition coefficient (Wildman–Crippen LogP) is 1.75. The molecule has 6 nitrogen and oxygen atoms in total. The van der Waals surface area contributed by atoms with E-state index in [0.29, 0.717) is 24.3 Å². The van der Waals surface area contributed by atoms with Gasteiger partial charge in [-0.25, -0.2) is 4.79 Å². The highest BCUT2D eigenvalue weighted by molar-refractivity contribution is 5.96. The third-order valence-electron chi connectivity index (χ3n) is 3.84. The maximum Gasteiger partial charge on any atom is 0.329 e. The zero-order chi connectivity index (χ0) is 14.0. The predicted molar refractivity (Wildman–Crippen MR) is 66.7 cm³/mol. The van der Waals surface area contributed by atoms with Crippen molar-refractivity contribution >= 4 is 11.9 Å². The first-order valence-corrected chi connectivity index (χ1v) is 6.42. The van der Waals surface area contributed by atoms with Crippen molar-refractivity contribution in [2.45, 2.75) is 45.1 Å². The minimum atomic E-state index is -1.18. The number of hydrogen-bond donors (Lipinski definition) is 2. The standard InChI is InChI=1S/C13H18N2O4/c1-8-3-5-13(6-4-8,12(17)18)15-11(16)10-9(2)7-14-19-10/h7-8H,3-6H2,1-2H3,(H,15,16)(H,17,18). The van der Waals surface area contributed by atoms with Gasteiger partial charge < -0.3 is 14.9 Å². The topological polar surface area (TPSA) is 92.4 Å². The molecule has 1 amide bonds. The molecule has 0 aromatic carbocycles. The number of aromatic nitrogens is 1. The third kappa shape index (κ3) is 2.62. The van der Waals surface area contributed by atoms with Crippen molar-refractivity contribution in [2.75, 3.05) is 0 Å². The molecule has 1 fully saturated rings. The number of carboxylic acid groups (broad SMARTS) is 1. The van der Waals surface area contributed by atoms with Crippen molar-refractivity contribution in [3.05, 3.63) is 17.5 Å². The summed E-state index contributed by atoms with van der Waals surface area (Å²) in [6, 6.07) is 0. The van der Waals surface area contributed by atoms with Crippen LogP contribution in [0, 0.1) is 12.8 Å². The van der Waals surface area contributed by atoms with E-state index < -0.39 is 17.4 Å². The van der Waals surface area contributed by atoms with E-state index in [1.807, 2.05) is 0 Å². The van der Waals surface area contributed by atoms with Gasteiger partial charge in [0.05, 0.1) is 6.20 Å². The van der Waals surface area contributed by atoms with Crippen LogP contribution < -0.4 is 5.32 Å². The van der Waals surface area contributed by atoms with Gasteiger partial charge in [0.25, 0.3) is 5.91 Å². The highest BCUT2D eigenvalue weighted by atomic mass is 16.5. The molecule has 19 heavy (non-hydrogen) atoms. The number of carbonyl (C=O) groups is 2. The number of carboxylic acids is 1. The molecule has 0 atom stereocenters. The van der Waals surface area contributed by atoms with E-state index in [-0.39, 0.29) is 5.76 Å². The Balaban J connectivity index is 2.16. The van der Waals surface area contributed by atoms with Crippen molar-refractivity contribution in [1.82, 2.24) is 10.5 Å². The van der Waals surface area contributed by atoms with Gasteiger partial charge in [0, 0.05) is 5.56 Å². The molecule has 1 aromatic rings. The van der Waals surface area contributed by atoms with Crippen molar-refractivity contribution in [3.63, 3.8) is 0 Å². The lowest BCUT2D eigenvalue weighted by Crippen LogP contribution is -2.56. The van der Waals surface area contributed by atoms with Crippen LogP contribution in [-0.2, 0) is 4.79 Å². The summed E-state index contributed by atoms with van der Waals surface area (Å²) < 4.78 is 4.86. The van der Waals surface area contributed by atoms with Crippen LogP contribution in [-0.4, -0.2) is 27.7 Å². The Kier molecular flexibility index (Phi) is 3.59. The molecule has 1 aromatic heterocycles. The van der Waals surface area contributed by atoms with Crippen molar-refractivity contribution in [1.29, 1.82) is 0 Å². The van der Waals surface area contributed by atoms with Crippen LogP contribution in [0.1, 0.15) is 48.7 Å². The lowest BCUT2D eigenvalue weighted by molar-refractivity contribution is -0.146. The number of nitrogens with one attached hydrogen (secondary N) is 1. The maximum atomic E-state index is 12.1. The van der Waals surface area contributed by atoms with Gasteiger partial charge in [0.15, 0.2) is 0 Å². The summed E-state index contributed by atoms with van der Waals surface area (Å²) in [6.45, 7) is 3.79. The second-order valence-electron chi connectivity index (χ2n) is 5.36. The minimum Gasteiger partial charge on any atom is -0.480 e. The molecule has 104 valence electrons. The summed E-state index contributed by atoms with van der Waals surface area (Å²) in [4.78, 5) is 23.6. The summed E-state index contributed by atoms with van der Waals surface area (Å²) in [5.74, 6) is -0.910. The molecule has 2 N–H and O–H groups in total. The van der Waals surface area contributed by atoms with E-state index in [2.05, 4.69) is 17.4 Å². The average molecular weight is 266 g/mol. The summed E-state index contributed by atoms with van der Waals surface area (Å²) in [5.41, 5.74) is -0.578. The Bertz CT molecular complexity index is 487. The highest BCUT2D eigenvalue weighted by Gasteiger charge is 2.43. The number of carbonyl (C=O) groups excluding carboxylic acids is 1. The van der Waals surface area contributed by atoms with Gasteiger partial charge in [-0.1, -0.05) is 12.1 Å². The van der Waals surface area contributed by atoms with Crippen LogP contribution >= 0.6 is 0 Å². The number of aliphatic carboxylic acids is 1. The summed E-state index contributed by atoms with van der Waals surface area (Å²) in [6.07, 6.45) is 3.92. The fourth-order valence-electron chi connectivity index (χ4n) is 2.43. The molecule has 0 bridgehead atoms. The summed E-state index contributed by atoms with van der Waals surface area (Å²) in [5, 5.41) is 15.6. The first-order valence-electron chi connectivity index (χ1n) is 6.42. The van der Waals surface area contributed by atoms with Crippen molar-refractivity contribution in [3.8, 4) is 0 Å². The normalized spacial score (nSPS) is 26.9. The molecular formula is C13H18N2O4. The van der Waals surface area contributed by atoms with E-state index in [1.54, 1.807) is 6.92 Å². The largest absolute Gasteiger partial charge is 0.480 e. The number of hydrogen-bond acceptors (Lipinski definition) is 4. The SMILES string of the molecule is Cc1cnoc1C(=O)NC1(C(=O)O)CCC(C)CC1. The van der Waals surface area contributed by atoms with E-state index >= 15 is 0 Å². The number of nitrogens with zero attached hydrogens (tertiary/aromatic N) is 1. The van der Waals surface area contributed by atoms with Gasteiger partial charge in [0.1, 0.15) is 5.54 Å². The van der Waals surface area contributed by atoms with Crippen LogP contribution in [0.15, 0.2) is 10.7 Å². The van der Waals surface area contributed by atoms with Crippen LogP contribution in [0.3, 0.4) is 0 Å². The third-order valence-corrected chi connectivity index (χ3v) is 3.84. The Morgan fingerprint density at radius 2 is 2.11 bits per heavy atom. The molecular weight excluding hydrogens is 248 g/mol. The van der Waals surface area contributed by atoms with E-state index in [0.717, 1.165) is 12.8 Å². The van der Waals surface area contributed by atoms with Gasteiger partial charge in [-0.2, -0.15) is 0 Å². The summed E-state index contributed by atoms with van der Waals surface area (Å²) >= 11 is 0. The average Bonchev–Trinajstić information content (AvgIpc) is 2.78. The molecule has 0 spiro atoms. The molecule has 0 saturated heterocycles. The zero-order valence-electron chi connectivity index (χ0n) is 11.1. The van der Waals surface area contributed by atoms with Crippen molar-refractivity contribution < 1.29 is 19.2 Å². The molecule has 1 aliphatic carbocycles. The highest BCUT2D eigenvalue weighted by Crippen LogP contribution is 2.32. The first kappa shape index (κ1) is 13.6. The lowest BCUT2D eigenvalue weighted by atomic mass is 9.77. The van der Waals surface area contributed by atoms with Crippen LogP contribution in [0.4, 0.5) is 0 Å². The molecule has 0 unspecified atom stereocenters. The Morgan fingerprint density at radius 3 is 2.58 bits per heavy atom. The van der Waals surface area contributed by atoms with E-state index in [1.165, 1.54) is 6.20 Å². The molecule has 0 radical (unpaired) electrons. The maximum absolute atomic E-state index is 12.1. The second-order valence-corrected chi connectivity index (χ2v) is 5.36.